The maximum Gasteiger partial charge on any atom is 0.232 e. The van der Waals surface area contributed by atoms with Gasteiger partial charge in [-0.25, -0.2) is 4.98 Å². The molecular weight excluding hydrogens is 266 g/mol. The van der Waals surface area contributed by atoms with Gasteiger partial charge in [-0.15, -0.1) is 0 Å². The minimum atomic E-state index is -0.188. The Morgan fingerprint density at radius 3 is 3.11 bits per heavy atom. The van der Waals surface area contributed by atoms with Gasteiger partial charge in [-0.3, -0.25) is 4.79 Å². The van der Waals surface area contributed by atoms with Gasteiger partial charge in [0.05, 0.1) is 19.1 Å². The van der Waals surface area contributed by atoms with Crippen molar-refractivity contribution in [1.29, 1.82) is 0 Å². The number of carbonyl (C=O) groups excluding carboxylic acids is 1. The highest BCUT2D eigenvalue weighted by Crippen LogP contribution is 2.17. The summed E-state index contributed by atoms with van der Waals surface area (Å²) in [6.07, 6.45) is 1.03. The Bertz CT molecular complexity index is 442. The predicted molar refractivity (Wildman–Crippen MR) is 74.3 cm³/mol. The second-order valence-electron chi connectivity index (χ2n) is 4.54. The maximum atomic E-state index is 12.2. The summed E-state index contributed by atoms with van der Waals surface area (Å²) in [5.41, 5.74) is 0. The number of hydrogen-bond acceptors (Lipinski definition) is 4. The molecule has 2 unspecified atom stereocenters. The molecule has 5 nitrogen and oxygen atoms in total. The molecule has 1 aromatic heterocycles. The molecule has 6 heteroatoms. The third-order valence-corrected chi connectivity index (χ3v) is 3.25. The van der Waals surface area contributed by atoms with Crippen LogP contribution in [0.15, 0.2) is 18.2 Å². The average molecular weight is 284 g/mol. The smallest absolute Gasteiger partial charge is 0.232 e. The molecule has 1 aromatic rings. The summed E-state index contributed by atoms with van der Waals surface area (Å²) in [4.78, 5) is 16.2. The minimum Gasteiger partial charge on any atom is -0.379 e. The number of rotatable bonds is 5. The van der Waals surface area contributed by atoms with E-state index in [1.807, 2.05) is 0 Å². The predicted octanol–water partition coefficient (Wildman–Crippen LogP) is 1.69. The van der Waals surface area contributed by atoms with Crippen LogP contribution in [0, 0.1) is 5.92 Å². The van der Waals surface area contributed by atoms with Crippen LogP contribution in [0.3, 0.4) is 0 Å². The fourth-order valence-electron chi connectivity index (χ4n) is 2.04. The van der Waals surface area contributed by atoms with Gasteiger partial charge in [0, 0.05) is 6.04 Å². The van der Waals surface area contributed by atoms with Crippen LogP contribution in [0.25, 0.3) is 0 Å². The molecule has 104 valence electrons. The van der Waals surface area contributed by atoms with Gasteiger partial charge in [-0.05, 0) is 25.1 Å². The van der Waals surface area contributed by atoms with Crippen LogP contribution in [0.2, 0.25) is 5.15 Å². The fourth-order valence-corrected chi connectivity index (χ4v) is 2.20. The highest BCUT2D eigenvalue weighted by Gasteiger charge is 2.33. The van der Waals surface area contributed by atoms with Gasteiger partial charge in [0.1, 0.15) is 11.0 Å². The van der Waals surface area contributed by atoms with E-state index < -0.39 is 0 Å². The fraction of sp³-hybridized carbons (Fsp3) is 0.538. The number of anilines is 1. The molecule has 2 heterocycles. The van der Waals surface area contributed by atoms with E-state index in [1.54, 1.807) is 18.2 Å². The number of amides is 1. The molecule has 0 aliphatic carbocycles. The lowest BCUT2D eigenvalue weighted by molar-refractivity contribution is -0.120. The zero-order valence-corrected chi connectivity index (χ0v) is 11.6. The summed E-state index contributed by atoms with van der Waals surface area (Å²) in [6.45, 7) is 3.98. The van der Waals surface area contributed by atoms with Gasteiger partial charge in [-0.1, -0.05) is 24.6 Å². The number of hydrogen-bond donors (Lipinski definition) is 2. The molecule has 0 spiro atoms. The van der Waals surface area contributed by atoms with E-state index in [2.05, 4.69) is 22.5 Å². The number of pyridine rings is 1. The van der Waals surface area contributed by atoms with Crippen molar-refractivity contribution in [3.8, 4) is 0 Å². The first-order valence-corrected chi connectivity index (χ1v) is 6.83. The maximum absolute atomic E-state index is 12.2. The molecular formula is C13H18ClN3O2. The van der Waals surface area contributed by atoms with Crippen molar-refractivity contribution in [2.24, 2.45) is 5.92 Å². The summed E-state index contributed by atoms with van der Waals surface area (Å²) in [7, 11) is 0. The molecule has 0 radical (unpaired) electrons. The third kappa shape index (κ3) is 3.89. The van der Waals surface area contributed by atoms with Gasteiger partial charge < -0.3 is 15.4 Å². The Labute approximate surface area is 117 Å². The monoisotopic (exact) mass is 283 g/mol. The standard InChI is InChI=1S/C13H18ClN3O2/c1-2-6-15-10-8-19-7-9(10)13(18)17-12-5-3-4-11(14)16-12/h3-5,9-10,15H,2,6-8H2,1H3,(H,16,17,18). The first-order valence-electron chi connectivity index (χ1n) is 6.45. The molecule has 2 N–H and O–H groups in total. The van der Waals surface area contributed by atoms with Crippen LogP contribution < -0.4 is 10.6 Å². The van der Waals surface area contributed by atoms with Crippen LogP contribution in [0.1, 0.15) is 13.3 Å². The van der Waals surface area contributed by atoms with Crippen LogP contribution in [0.5, 0.6) is 0 Å². The van der Waals surface area contributed by atoms with Gasteiger partial charge in [0.25, 0.3) is 0 Å². The molecule has 2 rings (SSSR count). The number of nitrogens with zero attached hydrogens (tertiary/aromatic N) is 1. The second kappa shape index (κ2) is 6.84. The summed E-state index contributed by atoms with van der Waals surface area (Å²) in [5, 5.41) is 6.47. The SMILES string of the molecule is CCCNC1COCC1C(=O)Nc1cccc(Cl)n1. The molecule has 0 saturated carbocycles. The highest BCUT2D eigenvalue weighted by molar-refractivity contribution is 6.29. The summed E-state index contributed by atoms with van der Waals surface area (Å²) in [6, 6.07) is 5.21. The molecule has 2 atom stereocenters. The Kier molecular flexibility index (Phi) is 5.13. The average Bonchev–Trinajstić information content (AvgIpc) is 2.84. The van der Waals surface area contributed by atoms with Crippen LogP contribution in [-0.4, -0.2) is 36.7 Å². The van der Waals surface area contributed by atoms with Gasteiger partial charge in [0.2, 0.25) is 5.91 Å². The molecule has 1 aliphatic heterocycles. The summed E-state index contributed by atoms with van der Waals surface area (Å²) >= 11 is 5.79. The lowest BCUT2D eigenvalue weighted by Crippen LogP contribution is -2.41. The van der Waals surface area contributed by atoms with E-state index in [1.165, 1.54) is 0 Å². The van der Waals surface area contributed by atoms with Crippen molar-refractivity contribution >= 4 is 23.3 Å². The molecule has 0 aromatic carbocycles. The third-order valence-electron chi connectivity index (χ3n) is 3.04. The van der Waals surface area contributed by atoms with Gasteiger partial charge in [0.15, 0.2) is 0 Å². The van der Waals surface area contributed by atoms with Crippen LogP contribution >= 0.6 is 11.6 Å². The van der Waals surface area contributed by atoms with Crippen molar-refractivity contribution in [1.82, 2.24) is 10.3 Å². The van der Waals surface area contributed by atoms with E-state index >= 15 is 0 Å². The second-order valence-corrected chi connectivity index (χ2v) is 4.93. The zero-order chi connectivity index (χ0) is 13.7. The largest absolute Gasteiger partial charge is 0.379 e. The van der Waals surface area contributed by atoms with Crippen LogP contribution in [0.4, 0.5) is 5.82 Å². The van der Waals surface area contributed by atoms with Crippen molar-refractivity contribution < 1.29 is 9.53 Å². The molecule has 1 aliphatic rings. The highest BCUT2D eigenvalue weighted by atomic mass is 35.5. The van der Waals surface area contributed by atoms with Crippen molar-refractivity contribution in [3.63, 3.8) is 0 Å². The van der Waals surface area contributed by atoms with Crippen LogP contribution in [-0.2, 0) is 9.53 Å². The van der Waals surface area contributed by atoms with Gasteiger partial charge >= 0.3 is 0 Å². The van der Waals surface area contributed by atoms with E-state index in [4.69, 9.17) is 16.3 Å². The molecule has 1 saturated heterocycles. The number of nitrogens with one attached hydrogen (secondary N) is 2. The van der Waals surface area contributed by atoms with E-state index in [9.17, 15) is 4.79 Å². The number of aromatic nitrogens is 1. The molecule has 0 bridgehead atoms. The number of ether oxygens (including phenoxy) is 1. The molecule has 19 heavy (non-hydrogen) atoms. The van der Waals surface area contributed by atoms with Crippen molar-refractivity contribution in [3.05, 3.63) is 23.4 Å². The number of halogens is 1. The van der Waals surface area contributed by atoms with E-state index in [0.29, 0.717) is 24.2 Å². The molecule has 1 fully saturated rings. The van der Waals surface area contributed by atoms with Crippen molar-refractivity contribution in [2.45, 2.75) is 19.4 Å². The normalized spacial score (nSPS) is 22.4. The Morgan fingerprint density at radius 2 is 2.37 bits per heavy atom. The first kappa shape index (κ1) is 14.2. The topological polar surface area (TPSA) is 63.2 Å². The van der Waals surface area contributed by atoms with E-state index in [0.717, 1.165) is 13.0 Å². The van der Waals surface area contributed by atoms with Crippen molar-refractivity contribution in [2.75, 3.05) is 25.1 Å². The Morgan fingerprint density at radius 1 is 1.53 bits per heavy atom. The lowest BCUT2D eigenvalue weighted by atomic mass is 10.0. The minimum absolute atomic E-state index is 0.0686. The van der Waals surface area contributed by atoms with E-state index in [-0.39, 0.29) is 17.9 Å². The quantitative estimate of drug-likeness (QED) is 0.807. The summed E-state index contributed by atoms with van der Waals surface area (Å²) < 4.78 is 5.38. The summed E-state index contributed by atoms with van der Waals surface area (Å²) in [5.74, 6) is 0.201. The Balaban J connectivity index is 1.95. The Hall–Kier alpha value is -1.17. The lowest BCUT2D eigenvalue weighted by Gasteiger charge is -2.18. The molecule has 1 amide bonds. The first-order chi connectivity index (χ1) is 9.20. The number of carbonyl (C=O) groups is 1. The zero-order valence-electron chi connectivity index (χ0n) is 10.9. The van der Waals surface area contributed by atoms with Gasteiger partial charge in [-0.2, -0.15) is 0 Å².